The Kier molecular flexibility index (Phi) is 2.50. The Labute approximate surface area is 76.0 Å². The van der Waals surface area contributed by atoms with Crippen LogP contribution < -0.4 is 5.32 Å². The number of anilines is 1. The first-order chi connectivity index (χ1) is 5.88. The number of hydrogen-bond donors (Lipinski definition) is 1. The summed E-state index contributed by atoms with van der Waals surface area (Å²) in [5.74, 6) is -2.01. The molecular formula is C9H12F2N2. The van der Waals surface area contributed by atoms with Gasteiger partial charge in [-0.15, -0.1) is 0 Å². The SMILES string of the molecule is CC(C)(C)Nc1cnc(F)c(F)c1. The lowest BCUT2D eigenvalue weighted by Crippen LogP contribution is -2.26. The van der Waals surface area contributed by atoms with Crippen LogP contribution in [0.2, 0.25) is 0 Å². The van der Waals surface area contributed by atoms with Gasteiger partial charge in [-0.25, -0.2) is 9.37 Å². The highest BCUT2D eigenvalue weighted by Gasteiger charge is 2.11. The summed E-state index contributed by atoms with van der Waals surface area (Å²) in [4.78, 5) is 3.26. The van der Waals surface area contributed by atoms with Gasteiger partial charge in [0.15, 0.2) is 5.82 Å². The number of aromatic nitrogens is 1. The molecule has 0 fully saturated rings. The van der Waals surface area contributed by atoms with E-state index < -0.39 is 11.8 Å². The van der Waals surface area contributed by atoms with Crippen LogP contribution in [0.1, 0.15) is 20.8 Å². The van der Waals surface area contributed by atoms with Gasteiger partial charge in [0.1, 0.15) is 0 Å². The third kappa shape index (κ3) is 2.97. The topological polar surface area (TPSA) is 24.9 Å². The van der Waals surface area contributed by atoms with Gasteiger partial charge < -0.3 is 5.32 Å². The Bertz CT molecular complexity index is 305. The van der Waals surface area contributed by atoms with Crippen LogP contribution in [0.4, 0.5) is 14.5 Å². The number of nitrogens with one attached hydrogen (secondary N) is 1. The van der Waals surface area contributed by atoms with E-state index in [1.165, 1.54) is 6.20 Å². The van der Waals surface area contributed by atoms with Gasteiger partial charge in [0.05, 0.1) is 11.9 Å². The zero-order valence-electron chi connectivity index (χ0n) is 7.86. The molecule has 0 saturated heterocycles. The molecule has 1 aromatic heterocycles. The Hall–Kier alpha value is -1.19. The summed E-state index contributed by atoms with van der Waals surface area (Å²) in [6, 6.07) is 1.09. The highest BCUT2D eigenvalue weighted by atomic mass is 19.2. The predicted molar refractivity (Wildman–Crippen MR) is 47.5 cm³/mol. The zero-order valence-corrected chi connectivity index (χ0v) is 7.86. The molecule has 0 unspecified atom stereocenters. The average molecular weight is 186 g/mol. The second-order valence-corrected chi connectivity index (χ2v) is 3.87. The predicted octanol–water partition coefficient (Wildman–Crippen LogP) is 2.57. The minimum absolute atomic E-state index is 0.189. The van der Waals surface area contributed by atoms with Crippen molar-refractivity contribution in [1.29, 1.82) is 0 Å². The molecule has 1 rings (SSSR count). The van der Waals surface area contributed by atoms with Gasteiger partial charge in [0, 0.05) is 11.6 Å². The summed E-state index contributed by atoms with van der Waals surface area (Å²) < 4.78 is 25.1. The second kappa shape index (κ2) is 3.28. The average Bonchev–Trinajstić information content (AvgIpc) is 1.94. The van der Waals surface area contributed by atoms with Crippen molar-refractivity contribution in [1.82, 2.24) is 4.98 Å². The molecule has 0 atom stereocenters. The van der Waals surface area contributed by atoms with E-state index in [9.17, 15) is 8.78 Å². The van der Waals surface area contributed by atoms with Crippen LogP contribution >= 0.6 is 0 Å². The quantitative estimate of drug-likeness (QED) is 0.682. The lowest BCUT2D eigenvalue weighted by atomic mass is 10.1. The Morgan fingerprint density at radius 3 is 2.38 bits per heavy atom. The van der Waals surface area contributed by atoms with Crippen molar-refractivity contribution in [2.45, 2.75) is 26.3 Å². The van der Waals surface area contributed by atoms with Crippen molar-refractivity contribution in [3.05, 3.63) is 24.0 Å². The lowest BCUT2D eigenvalue weighted by molar-refractivity contribution is 0.479. The number of nitrogens with zero attached hydrogens (tertiary/aromatic N) is 1. The summed E-state index contributed by atoms with van der Waals surface area (Å²) in [7, 11) is 0. The maximum atomic E-state index is 12.7. The summed E-state index contributed by atoms with van der Waals surface area (Å²) in [6.07, 6.45) is 1.27. The normalized spacial score (nSPS) is 11.5. The molecule has 4 heteroatoms. The standard InChI is InChI=1S/C9H12F2N2/c1-9(2,3)13-6-4-7(10)8(11)12-5-6/h4-5,13H,1-3H3. The van der Waals surface area contributed by atoms with Gasteiger partial charge in [-0.3, -0.25) is 0 Å². The lowest BCUT2D eigenvalue weighted by Gasteiger charge is -2.21. The van der Waals surface area contributed by atoms with E-state index in [1.807, 2.05) is 20.8 Å². The summed E-state index contributed by atoms with van der Waals surface area (Å²) >= 11 is 0. The molecule has 0 amide bonds. The largest absolute Gasteiger partial charge is 0.379 e. The van der Waals surface area contributed by atoms with E-state index in [-0.39, 0.29) is 5.54 Å². The van der Waals surface area contributed by atoms with Crippen LogP contribution in [0.5, 0.6) is 0 Å². The van der Waals surface area contributed by atoms with E-state index in [2.05, 4.69) is 10.3 Å². The fraction of sp³-hybridized carbons (Fsp3) is 0.444. The summed E-state index contributed by atoms with van der Waals surface area (Å²) in [6.45, 7) is 5.77. The molecule has 0 spiro atoms. The highest BCUT2D eigenvalue weighted by molar-refractivity contribution is 5.42. The van der Waals surface area contributed by atoms with Crippen LogP contribution in [0.15, 0.2) is 12.3 Å². The van der Waals surface area contributed by atoms with E-state index in [0.29, 0.717) is 5.69 Å². The molecule has 0 radical (unpaired) electrons. The molecule has 1 aromatic rings. The van der Waals surface area contributed by atoms with Crippen LogP contribution in [0, 0.1) is 11.8 Å². The van der Waals surface area contributed by atoms with Gasteiger partial charge in [-0.1, -0.05) is 0 Å². The maximum Gasteiger partial charge on any atom is 0.249 e. The molecule has 1 N–H and O–H groups in total. The minimum Gasteiger partial charge on any atom is -0.379 e. The highest BCUT2D eigenvalue weighted by Crippen LogP contribution is 2.15. The molecule has 0 aliphatic heterocycles. The van der Waals surface area contributed by atoms with Crippen LogP contribution in [-0.4, -0.2) is 10.5 Å². The Morgan fingerprint density at radius 2 is 1.92 bits per heavy atom. The Balaban J connectivity index is 2.86. The molecule has 0 aliphatic rings. The summed E-state index contributed by atoms with van der Waals surface area (Å²) in [5.41, 5.74) is 0.290. The number of hydrogen-bond acceptors (Lipinski definition) is 2. The van der Waals surface area contributed by atoms with Gasteiger partial charge in [-0.05, 0) is 20.8 Å². The first-order valence-electron chi connectivity index (χ1n) is 3.98. The molecule has 0 bridgehead atoms. The van der Waals surface area contributed by atoms with Crippen molar-refractivity contribution in [2.75, 3.05) is 5.32 Å². The third-order valence-corrected chi connectivity index (χ3v) is 1.32. The fourth-order valence-corrected chi connectivity index (χ4v) is 0.923. The van der Waals surface area contributed by atoms with Crippen LogP contribution in [-0.2, 0) is 0 Å². The zero-order chi connectivity index (χ0) is 10.1. The fourth-order valence-electron chi connectivity index (χ4n) is 0.923. The minimum atomic E-state index is -1.07. The van der Waals surface area contributed by atoms with Crippen molar-refractivity contribution in [2.24, 2.45) is 0 Å². The monoisotopic (exact) mass is 186 g/mol. The smallest absolute Gasteiger partial charge is 0.249 e. The van der Waals surface area contributed by atoms with Gasteiger partial charge in [0.2, 0.25) is 5.95 Å². The van der Waals surface area contributed by atoms with Gasteiger partial charge >= 0.3 is 0 Å². The van der Waals surface area contributed by atoms with Gasteiger partial charge in [-0.2, -0.15) is 4.39 Å². The molecule has 2 nitrogen and oxygen atoms in total. The molecule has 0 aromatic carbocycles. The van der Waals surface area contributed by atoms with Crippen molar-refractivity contribution >= 4 is 5.69 Å². The third-order valence-electron chi connectivity index (χ3n) is 1.32. The maximum absolute atomic E-state index is 12.7. The number of rotatable bonds is 1. The van der Waals surface area contributed by atoms with Gasteiger partial charge in [0.25, 0.3) is 0 Å². The van der Waals surface area contributed by atoms with Crippen molar-refractivity contribution in [3.8, 4) is 0 Å². The molecule has 0 aliphatic carbocycles. The molecule has 0 saturated carbocycles. The van der Waals surface area contributed by atoms with E-state index in [1.54, 1.807) is 0 Å². The van der Waals surface area contributed by atoms with E-state index in [0.717, 1.165) is 6.07 Å². The summed E-state index contributed by atoms with van der Waals surface area (Å²) in [5, 5.41) is 2.98. The second-order valence-electron chi connectivity index (χ2n) is 3.87. The Morgan fingerprint density at radius 1 is 1.31 bits per heavy atom. The van der Waals surface area contributed by atoms with E-state index >= 15 is 0 Å². The first kappa shape index (κ1) is 9.89. The van der Waals surface area contributed by atoms with E-state index in [4.69, 9.17) is 0 Å². The molecule has 1 heterocycles. The first-order valence-corrected chi connectivity index (χ1v) is 3.98. The number of halogens is 2. The number of pyridine rings is 1. The van der Waals surface area contributed by atoms with Crippen LogP contribution in [0.3, 0.4) is 0 Å². The van der Waals surface area contributed by atoms with Crippen LogP contribution in [0.25, 0.3) is 0 Å². The molecule has 72 valence electrons. The van der Waals surface area contributed by atoms with Crippen molar-refractivity contribution < 1.29 is 8.78 Å². The molecule has 13 heavy (non-hydrogen) atoms. The van der Waals surface area contributed by atoms with Crippen molar-refractivity contribution in [3.63, 3.8) is 0 Å². The molecular weight excluding hydrogens is 174 g/mol.